The van der Waals surface area contributed by atoms with E-state index in [1.54, 1.807) is 11.1 Å². The highest BCUT2D eigenvalue weighted by Gasteiger charge is 2.00. The Balaban J connectivity index is 0. The van der Waals surface area contributed by atoms with E-state index in [9.17, 15) is 4.79 Å². The molecule has 0 aromatic heterocycles. The predicted molar refractivity (Wildman–Crippen MR) is 61.6 cm³/mol. The van der Waals surface area contributed by atoms with E-state index in [0.29, 0.717) is 19.6 Å². The summed E-state index contributed by atoms with van der Waals surface area (Å²) in [4.78, 5) is 10.9. The zero-order valence-corrected chi connectivity index (χ0v) is 10.6. The number of hydrazine groups is 1. The fourth-order valence-electron chi connectivity index (χ4n) is 0.606. The quantitative estimate of drug-likeness (QED) is 0.256. The van der Waals surface area contributed by atoms with E-state index >= 15 is 0 Å². The van der Waals surface area contributed by atoms with Crippen LogP contribution in [0.5, 0.6) is 0 Å². The summed E-state index contributed by atoms with van der Waals surface area (Å²) in [6.07, 6.45) is 1.93. The van der Waals surface area contributed by atoms with Gasteiger partial charge in [0.2, 0.25) is 0 Å². The van der Waals surface area contributed by atoms with E-state index in [4.69, 9.17) is 22.3 Å². The average Bonchev–Trinajstić information content (AvgIpc) is 2.11. The molecular weight excluding hydrogens is 252 g/mol. The van der Waals surface area contributed by atoms with Crippen molar-refractivity contribution < 1.29 is 27.1 Å². The Hall–Kier alpha value is -1.00. The second kappa shape index (κ2) is 10.2. The summed E-state index contributed by atoms with van der Waals surface area (Å²) in [5, 5.41) is 1.79. The third-order valence-corrected chi connectivity index (χ3v) is 1.12. The largest absolute Gasteiger partial charge is 0.461 e. The highest BCUT2D eigenvalue weighted by molar-refractivity contribution is 7.79. The van der Waals surface area contributed by atoms with Crippen LogP contribution in [0.1, 0.15) is 6.42 Å². The Labute approximate surface area is 101 Å². The SMILES string of the molecule is C=CCOC(=O)CCNN(C)C.O=S(=O)(O)O. The van der Waals surface area contributed by atoms with Crippen LogP contribution in [0.2, 0.25) is 0 Å². The Bertz CT molecular complexity index is 306. The zero-order chi connectivity index (χ0) is 13.9. The molecule has 0 fully saturated rings. The zero-order valence-electron chi connectivity index (χ0n) is 9.79. The monoisotopic (exact) mass is 270 g/mol. The van der Waals surface area contributed by atoms with Gasteiger partial charge in [-0.15, -0.1) is 0 Å². The normalized spacial score (nSPS) is 10.4. The average molecular weight is 270 g/mol. The van der Waals surface area contributed by atoms with Crippen molar-refractivity contribution in [2.24, 2.45) is 0 Å². The fourth-order valence-corrected chi connectivity index (χ4v) is 0.606. The lowest BCUT2D eigenvalue weighted by Gasteiger charge is -2.10. The fraction of sp³-hybridized carbons (Fsp3) is 0.625. The molecular formula is C8H18N2O6S. The predicted octanol–water partition coefficient (Wildman–Crippen LogP) is -0.481. The number of ether oxygens (including phenoxy) is 1. The van der Waals surface area contributed by atoms with Gasteiger partial charge in [0, 0.05) is 20.6 Å². The maximum atomic E-state index is 10.9. The molecule has 0 aromatic carbocycles. The number of hydrogen-bond acceptors (Lipinski definition) is 6. The van der Waals surface area contributed by atoms with Crippen LogP contribution in [0, 0.1) is 0 Å². The van der Waals surface area contributed by atoms with E-state index in [2.05, 4.69) is 12.0 Å². The lowest BCUT2D eigenvalue weighted by molar-refractivity contribution is -0.142. The first-order valence-corrected chi connectivity index (χ1v) is 5.93. The Kier molecular flexibility index (Phi) is 11.0. The van der Waals surface area contributed by atoms with Gasteiger partial charge in [0.25, 0.3) is 0 Å². The second-order valence-electron chi connectivity index (χ2n) is 2.97. The summed E-state index contributed by atoms with van der Waals surface area (Å²) in [6, 6.07) is 0. The topological polar surface area (TPSA) is 116 Å². The summed E-state index contributed by atoms with van der Waals surface area (Å²) in [5.74, 6) is -0.204. The van der Waals surface area contributed by atoms with Gasteiger partial charge in [0.1, 0.15) is 6.61 Å². The molecule has 9 heteroatoms. The minimum atomic E-state index is -4.67. The number of rotatable bonds is 6. The maximum Gasteiger partial charge on any atom is 0.394 e. The van der Waals surface area contributed by atoms with Gasteiger partial charge in [0.15, 0.2) is 0 Å². The molecule has 0 heterocycles. The number of nitrogens with one attached hydrogen (secondary N) is 1. The number of nitrogens with zero attached hydrogens (tertiary/aromatic N) is 1. The summed E-state index contributed by atoms with van der Waals surface area (Å²) < 4.78 is 36.3. The molecule has 3 N–H and O–H groups in total. The molecule has 0 atom stereocenters. The van der Waals surface area contributed by atoms with E-state index in [1.165, 1.54) is 0 Å². The van der Waals surface area contributed by atoms with Crippen LogP contribution in [0.25, 0.3) is 0 Å². The lowest BCUT2D eigenvalue weighted by Crippen LogP contribution is -2.32. The van der Waals surface area contributed by atoms with Crippen LogP contribution in [0.15, 0.2) is 12.7 Å². The molecule has 0 aromatic rings. The molecule has 0 bridgehead atoms. The molecule has 0 saturated heterocycles. The molecule has 0 amide bonds. The Morgan fingerprint density at radius 3 is 2.29 bits per heavy atom. The van der Waals surface area contributed by atoms with Crippen LogP contribution in [0.3, 0.4) is 0 Å². The van der Waals surface area contributed by atoms with Crippen LogP contribution < -0.4 is 5.43 Å². The van der Waals surface area contributed by atoms with Gasteiger partial charge in [-0.05, 0) is 0 Å². The van der Waals surface area contributed by atoms with Crippen molar-refractivity contribution in [3.63, 3.8) is 0 Å². The smallest absolute Gasteiger partial charge is 0.394 e. The summed E-state index contributed by atoms with van der Waals surface area (Å²) in [6.45, 7) is 4.33. The van der Waals surface area contributed by atoms with Crippen molar-refractivity contribution in [2.75, 3.05) is 27.2 Å². The molecule has 0 rings (SSSR count). The molecule has 0 aliphatic carbocycles. The molecule has 0 spiro atoms. The second-order valence-corrected chi connectivity index (χ2v) is 3.87. The highest BCUT2D eigenvalue weighted by atomic mass is 32.3. The number of carbonyl (C=O) groups excluding carboxylic acids is 1. The van der Waals surface area contributed by atoms with Crippen LogP contribution in [-0.2, 0) is 19.9 Å². The third-order valence-electron chi connectivity index (χ3n) is 1.12. The molecule has 8 nitrogen and oxygen atoms in total. The molecule has 0 unspecified atom stereocenters. The van der Waals surface area contributed by atoms with E-state index in [1.807, 2.05) is 14.1 Å². The van der Waals surface area contributed by atoms with Crippen LogP contribution in [0.4, 0.5) is 0 Å². The number of hydrogen-bond donors (Lipinski definition) is 3. The molecule has 0 radical (unpaired) electrons. The molecule has 17 heavy (non-hydrogen) atoms. The van der Waals surface area contributed by atoms with Gasteiger partial charge in [-0.25, -0.2) is 0 Å². The van der Waals surface area contributed by atoms with Gasteiger partial charge in [-0.3, -0.25) is 24.3 Å². The molecule has 102 valence electrons. The van der Waals surface area contributed by atoms with Crippen LogP contribution >= 0.6 is 0 Å². The summed E-state index contributed by atoms with van der Waals surface area (Å²) >= 11 is 0. The molecule has 0 saturated carbocycles. The van der Waals surface area contributed by atoms with E-state index in [0.717, 1.165) is 0 Å². The van der Waals surface area contributed by atoms with Gasteiger partial charge in [-0.2, -0.15) is 8.42 Å². The van der Waals surface area contributed by atoms with Gasteiger partial charge >= 0.3 is 16.4 Å². The van der Waals surface area contributed by atoms with Gasteiger partial charge in [0.05, 0.1) is 6.42 Å². The summed E-state index contributed by atoms with van der Waals surface area (Å²) in [5.41, 5.74) is 2.96. The first-order chi connectivity index (χ1) is 7.66. The first kappa shape index (κ1) is 18.4. The third kappa shape index (κ3) is 31.3. The van der Waals surface area contributed by atoms with Crippen molar-refractivity contribution in [1.82, 2.24) is 10.4 Å². The Morgan fingerprint density at radius 2 is 1.94 bits per heavy atom. The van der Waals surface area contributed by atoms with Crippen molar-refractivity contribution in [3.8, 4) is 0 Å². The number of carbonyl (C=O) groups is 1. The van der Waals surface area contributed by atoms with Crippen molar-refractivity contribution >= 4 is 16.4 Å². The van der Waals surface area contributed by atoms with Gasteiger partial charge < -0.3 is 4.74 Å². The maximum absolute atomic E-state index is 10.9. The molecule has 0 aliphatic rings. The molecule has 0 aliphatic heterocycles. The Morgan fingerprint density at radius 1 is 1.47 bits per heavy atom. The minimum Gasteiger partial charge on any atom is -0.461 e. The van der Waals surface area contributed by atoms with E-state index in [-0.39, 0.29) is 5.97 Å². The number of esters is 1. The lowest BCUT2D eigenvalue weighted by atomic mass is 10.4. The van der Waals surface area contributed by atoms with Crippen LogP contribution in [-0.4, -0.2) is 55.7 Å². The first-order valence-electron chi connectivity index (χ1n) is 4.54. The highest BCUT2D eigenvalue weighted by Crippen LogP contribution is 1.84. The van der Waals surface area contributed by atoms with Crippen molar-refractivity contribution in [2.45, 2.75) is 6.42 Å². The standard InChI is InChI=1S/C8H16N2O2.H2O4S/c1-4-7-12-8(11)5-6-9-10(2)3;1-5(2,3)4/h4,9H,1,5-7H2,2-3H3;(H2,1,2,3,4). The summed E-state index contributed by atoms with van der Waals surface area (Å²) in [7, 11) is -0.926. The van der Waals surface area contributed by atoms with Crippen molar-refractivity contribution in [1.29, 1.82) is 0 Å². The van der Waals surface area contributed by atoms with Crippen molar-refractivity contribution in [3.05, 3.63) is 12.7 Å². The van der Waals surface area contributed by atoms with E-state index < -0.39 is 10.4 Å². The van der Waals surface area contributed by atoms with Gasteiger partial charge in [-0.1, -0.05) is 12.7 Å². The minimum absolute atomic E-state index is 0.204.